The van der Waals surface area contributed by atoms with Gasteiger partial charge in [0.05, 0.1) is 22.3 Å². The number of phenols is 1. The number of benzene rings is 6. The number of aromatic hydroxyl groups is 1. The van der Waals surface area contributed by atoms with Crippen LogP contribution in [-0.2, 0) is 16.2 Å². The van der Waals surface area contributed by atoms with Crippen LogP contribution in [0.15, 0.2) is 146 Å². The molecule has 1 N–H and O–H groups in total. The van der Waals surface area contributed by atoms with Gasteiger partial charge in [-0.2, -0.15) is 0 Å². The van der Waals surface area contributed by atoms with E-state index in [1.165, 1.54) is 22.3 Å². The standard InChI is InChI=1S/C53H49N3O/c1-51(2,3)37-29-42(49(57)44(30-37)52(4,5)6)50-55-48-39(23-17-25-47(48)56(50)38-20-13-10-14-21-38)35-26-34(33-18-11-9-12-19-33)27-36(28-35)46-31-41-40-22-15-16-24-43(40)53(7,8)45(41)32-54-46/h9-32,57H,1-8H3. The topological polar surface area (TPSA) is 50.9 Å². The maximum Gasteiger partial charge on any atom is 0.149 e. The van der Waals surface area contributed by atoms with E-state index < -0.39 is 0 Å². The second-order valence-corrected chi connectivity index (χ2v) is 18.2. The molecule has 0 fully saturated rings. The van der Waals surface area contributed by atoms with E-state index in [0.717, 1.165) is 66.9 Å². The quantitative estimate of drug-likeness (QED) is 0.191. The number of pyridine rings is 1. The van der Waals surface area contributed by atoms with Crippen LogP contribution in [0.4, 0.5) is 0 Å². The predicted molar refractivity (Wildman–Crippen MR) is 237 cm³/mol. The summed E-state index contributed by atoms with van der Waals surface area (Å²) in [5.74, 6) is 0.976. The number of hydrogen-bond acceptors (Lipinski definition) is 3. The molecule has 0 unspecified atom stereocenters. The Morgan fingerprint density at radius 2 is 1.19 bits per heavy atom. The van der Waals surface area contributed by atoms with Crippen LogP contribution in [-0.4, -0.2) is 19.6 Å². The second kappa shape index (κ2) is 13.2. The molecule has 9 rings (SSSR count). The van der Waals surface area contributed by atoms with Crippen molar-refractivity contribution in [2.45, 2.75) is 71.6 Å². The van der Waals surface area contributed by atoms with E-state index in [1.807, 2.05) is 6.07 Å². The number of para-hydroxylation sites is 2. The molecule has 2 aromatic heterocycles. The molecule has 1 aliphatic carbocycles. The van der Waals surface area contributed by atoms with Crippen LogP contribution >= 0.6 is 0 Å². The van der Waals surface area contributed by atoms with Gasteiger partial charge in [0, 0.05) is 34.0 Å². The first-order valence-corrected chi connectivity index (χ1v) is 20.0. The average molecular weight is 744 g/mol. The van der Waals surface area contributed by atoms with Gasteiger partial charge in [0.25, 0.3) is 0 Å². The Morgan fingerprint density at radius 1 is 0.544 bits per heavy atom. The van der Waals surface area contributed by atoms with E-state index >= 15 is 0 Å². The summed E-state index contributed by atoms with van der Waals surface area (Å²) in [5.41, 5.74) is 16.4. The highest BCUT2D eigenvalue weighted by Gasteiger charge is 2.36. The number of fused-ring (bicyclic) bond motifs is 4. The molecule has 2 heterocycles. The molecule has 0 atom stereocenters. The first kappa shape index (κ1) is 36.4. The van der Waals surface area contributed by atoms with Crippen molar-refractivity contribution in [2.24, 2.45) is 0 Å². The SMILES string of the molecule is CC(C)(C)c1cc(-c2nc3c(-c4cc(-c5ccccc5)cc(-c5cc6c(cn5)C(C)(C)c5ccccc5-6)c4)cccc3n2-c2ccccc2)c(O)c(C(C)(C)C)c1. The van der Waals surface area contributed by atoms with Crippen LogP contribution in [0.2, 0.25) is 0 Å². The third kappa shape index (κ3) is 6.15. The van der Waals surface area contributed by atoms with Crippen LogP contribution in [0.25, 0.3) is 72.7 Å². The van der Waals surface area contributed by atoms with Gasteiger partial charge < -0.3 is 5.11 Å². The van der Waals surface area contributed by atoms with E-state index in [1.54, 1.807) is 0 Å². The molecule has 0 spiro atoms. The van der Waals surface area contributed by atoms with Gasteiger partial charge in [0.1, 0.15) is 11.6 Å². The van der Waals surface area contributed by atoms with E-state index in [4.69, 9.17) is 9.97 Å². The molecule has 8 aromatic rings. The largest absolute Gasteiger partial charge is 0.507 e. The minimum absolute atomic E-state index is 0.117. The number of imidazole rings is 1. The van der Waals surface area contributed by atoms with Crippen molar-refractivity contribution in [1.82, 2.24) is 14.5 Å². The summed E-state index contributed by atoms with van der Waals surface area (Å²) in [6, 6.07) is 49.5. The molecule has 0 aliphatic heterocycles. The van der Waals surface area contributed by atoms with E-state index in [9.17, 15) is 5.11 Å². The molecule has 0 saturated heterocycles. The highest BCUT2D eigenvalue weighted by molar-refractivity contribution is 5.98. The zero-order chi connectivity index (χ0) is 39.9. The number of aromatic nitrogens is 3. The van der Waals surface area contributed by atoms with Crippen molar-refractivity contribution >= 4 is 11.0 Å². The average Bonchev–Trinajstić information content (AvgIpc) is 3.70. The number of nitrogens with zero attached hydrogens (tertiary/aromatic N) is 3. The lowest BCUT2D eigenvalue weighted by Crippen LogP contribution is -2.17. The number of phenolic OH excluding ortho intramolecular Hbond substituents is 1. The molecular formula is C53H49N3O. The fraction of sp³-hybridized carbons (Fsp3) is 0.208. The van der Waals surface area contributed by atoms with Gasteiger partial charge in [-0.05, 0) is 104 Å². The molecule has 4 heteroatoms. The van der Waals surface area contributed by atoms with Crippen LogP contribution < -0.4 is 0 Å². The van der Waals surface area contributed by atoms with Gasteiger partial charge >= 0.3 is 0 Å². The van der Waals surface area contributed by atoms with Crippen molar-refractivity contribution in [3.8, 4) is 67.5 Å². The van der Waals surface area contributed by atoms with E-state index in [-0.39, 0.29) is 22.0 Å². The first-order valence-electron chi connectivity index (χ1n) is 20.0. The highest BCUT2D eigenvalue weighted by Crippen LogP contribution is 2.50. The third-order valence-electron chi connectivity index (χ3n) is 11.8. The summed E-state index contributed by atoms with van der Waals surface area (Å²) in [5, 5.41) is 12.2. The van der Waals surface area contributed by atoms with E-state index in [2.05, 4.69) is 200 Å². The maximum absolute atomic E-state index is 12.2. The van der Waals surface area contributed by atoms with Crippen LogP contribution in [0.3, 0.4) is 0 Å². The molecule has 57 heavy (non-hydrogen) atoms. The maximum atomic E-state index is 12.2. The second-order valence-electron chi connectivity index (χ2n) is 18.2. The Balaban J connectivity index is 1.31. The van der Waals surface area contributed by atoms with E-state index in [0.29, 0.717) is 5.82 Å². The normalized spacial score (nSPS) is 13.5. The fourth-order valence-corrected chi connectivity index (χ4v) is 8.63. The van der Waals surface area contributed by atoms with Crippen LogP contribution in [0.5, 0.6) is 5.75 Å². The summed E-state index contributed by atoms with van der Waals surface area (Å²) >= 11 is 0. The molecular weight excluding hydrogens is 695 g/mol. The highest BCUT2D eigenvalue weighted by atomic mass is 16.3. The lowest BCUT2D eigenvalue weighted by atomic mass is 9.79. The number of rotatable bonds is 5. The molecule has 0 saturated carbocycles. The monoisotopic (exact) mass is 743 g/mol. The minimum Gasteiger partial charge on any atom is -0.507 e. The molecule has 6 aromatic carbocycles. The molecule has 4 nitrogen and oxygen atoms in total. The summed E-state index contributed by atoms with van der Waals surface area (Å²) in [7, 11) is 0. The lowest BCUT2D eigenvalue weighted by Gasteiger charge is -2.27. The summed E-state index contributed by atoms with van der Waals surface area (Å²) in [4.78, 5) is 10.7. The first-order chi connectivity index (χ1) is 27.2. The Hall–Kier alpha value is -6.26. The van der Waals surface area contributed by atoms with Gasteiger partial charge in [0.15, 0.2) is 0 Å². The third-order valence-corrected chi connectivity index (χ3v) is 11.8. The zero-order valence-corrected chi connectivity index (χ0v) is 34.1. The minimum atomic E-state index is -0.285. The summed E-state index contributed by atoms with van der Waals surface area (Å²) in [6.07, 6.45) is 2.08. The van der Waals surface area contributed by atoms with Crippen molar-refractivity contribution in [3.63, 3.8) is 0 Å². The van der Waals surface area contributed by atoms with Crippen LogP contribution in [0.1, 0.15) is 77.6 Å². The molecule has 1 aliphatic rings. The van der Waals surface area contributed by atoms with Gasteiger partial charge in [-0.3, -0.25) is 9.55 Å². The smallest absolute Gasteiger partial charge is 0.149 e. The summed E-state index contributed by atoms with van der Waals surface area (Å²) in [6.45, 7) is 17.7. The van der Waals surface area contributed by atoms with Crippen molar-refractivity contribution in [2.75, 3.05) is 0 Å². The fourth-order valence-electron chi connectivity index (χ4n) is 8.63. The lowest BCUT2D eigenvalue weighted by molar-refractivity contribution is 0.446. The molecule has 0 radical (unpaired) electrons. The van der Waals surface area contributed by atoms with Crippen LogP contribution in [0, 0.1) is 0 Å². The molecule has 0 bridgehead atoms. The molecule has 0 amide bonds. The number of hydrogen-bond donors (Lipinski definition) is 1. The van der Waals surface area contributed by atoms with Crippen molar-refractivity contribution < 1.29 is 5.11 Å². The predicted octanol–water partition coefficient (Wildman–Crippen LogP) is 13.7. The van der Waals surface area contributed by atoms with Gasteiger partial charge in [0.2, 0.25) is 0 Å². The Bertz CT molecular complexity index is 2830. The Morgan fingerprint density at radius 3 is 1.91 bits per heavy atom. The van der Waals surface area contributed by atoms with Gasteiger partial charge in [-0.25, -0.2) is 4.98 Å². The molecule has 282 valence electrons. The summed E-state index contributed by atoms with van der Waals surface area (Å²) < 4.78 is 2.20. The van der Waals surface area contributed by atoms with Gasteiger partial charge in [-0.15, -0.1) is 0 Å². The van der Waals surface area contributed by atoms with Crippen molar-refractivity contribution in [3.05, 3.63) is 168 Å². The Kier molecular flexibility index (Phi) is 8.40. The van der Waals surface area contributed by atoms with Gasteiger partial charge in [-0.1, -0.05) is 146 Å². The van der Waals surface area contributed by atoms with Crippen molar-refractivity contribution in [1.29, 1.82) is 0 Å². The Labute approximate surface area is 336 Å². The zero-order valence-electron chi connectivity index (χ0n) is 34.1.